The molecule has 1 fully saturated rings. The van der Waals surface area contributed by atoms with Crippen molar-refractivity contribution in [2.75, 3.05) is 7.11 Å². The molecule has 0 unspecified atom stereocenters. The van der Waals surface area contributed by atoms with Gasteiger partial charge in [0.25, 0.3) is 0 Å². The summed E-state index contributed by atoms with van der Waals surface area (Å²) in [6, 6.07) is 3.63. The van der Waals surface area contributed by atoms with E-state index in [4.69, 9.17) is 4.74 Å². The van der Waals surface area contributed by atoms with Crippen LogP contribution in [0.1, 0.15) is 31.4 Å². The summed E-state index contributed by atoms with van der Waals surface area (Å²) in [7, 11) is 1.30. The van der Waals surface area contributed by atoms with E-state index >= 15 is 0 Å². The van der Waals surface area contributed by atoms with Crippen LogP contribution in [0.25, 0.3) is 0 Å². The van der Waals surface area contributed by atoms with Crippen molar-refractivity contribution in [2.24, 2.45) is 0 Å². The average Bonchev–Trinajstić information content (AvgIpc) is 3.33. The van der Waals surface area contributed by atoms with Gasteiger partial charge >= 0.3 is 12.0 Å². The van der Waals surface area contributed by atoms with Crippen LogP contribution < -0.4 is 5.32 Å². The van der Waals surface area contributed by atoms with Gasteiger partial charge in [-0.1, -0.05) is 6.07 Å². The van der Waals surface area contributed by atoms with Crippen molar-refractivity contribution < 1.29 is 18.7 Å². The number of benzene rings is 1. The van der Waals surface area contributed by atoms with Crippen LogP contribution in [-0.2, 0) is 9.53 Å². The predicted octanol–water partition coefficient (Wildman–Crippen LogP) is 3.26. The normalized spacial score (nSPS) is 21.3. The summed E-state index contributed by atoms with van der Waals surface area (Å²) < 4.78 is 18.6. The number of hydrogen-bond donors (Lipinski definition) is 1. The molecule has 1 saturated carbocycles. The van der Waals surface area contributed by atoms with Crippen LogP contribution in [0.15, 0.2) is 33.9 Å². The Morgan fingerprint density at radius 3 is 2.70 bits per heavy atom. The van der Waals surface area contributed by atoms with Crippen LogP contribution in [0.2, 0.25) is 0 Å². The Morgan fingerprint density at radius 2 is 2.13 bits per heavy atom. The van der Waals surface area contributed by atoms with Crippen LogP contribution >= 0.6 is 15.9 Å². The van der Waals surface area contributed by atoms with Gasteiger partial charge in [-0.25, -0.2) is 14.0 Å². The van der Waals surface area contributed by atoms with Crippen LogP contribution in [0.4, 0.5) is 9.18 Å². The van der Waals surface area contributed by atoms with E-state index in [0.29, 0.717) is 16.8 Å². The zero-order valence-electron chi connectivity index (χ0n) is 12.7. The Morgan fingerprint density at radius 1 is 1.43 bits per heavy atom. The monoisotopic (exact) mass is 382 g/mol. The quantitative estimate of drug-likeness (QED) is 0.816. The summed E-state index contributed by atoms with van der Waals surface area (Å²) in [5.74, 6) is -0.908. The maximum Gasteiger partial charge on any atom is 0.337 e. The van der Waals surface area contributed by atoms with Crippen LogP contribution in [0.5, 0.6) is 0 Å². The van der Waals surface area contributed by atoms with Crippen molar-refractivity contribution in [3.8, 4) is 0 Å². The number of nitrogens with one attached hydrogen (secondary N) is 1. The SMILES string of the molecule is COC(=O)C1=C(C)N(C2CC2)C(=O)N[C@H]1c1ccc(F)c(Br)c1. The fraction of sp³-hybridized carbons (Fsp3) is 0.375. The van der Waals surface area contributed by atoms with Crippen LogP contribution in [0.3, 0.4) is 0 Å². The minimum Gasteiger partial charge on any atom is -0.466 e. The summed E-state index contributed by atoms with van der Waals surface area (Å²) in [6.45, 7) is 1.74. The second-order valence-electron chi connectivity index (χ2n) is 5.65. The highest BCUT2D eigenvalue weighted by Crippen LogP contribution is 2.38. The second-order valence-corrected chi connectivity index (χ2v) is 6.50. The minimum atomic E-state index is -0.665. The number of nitrogens with zero attached hydrogens (tertiary/aromatic N) is 1. The number of rotatable bonds is 3. The highest BCUT2D eigenvalue weighted by molar-refractivity contribution is 9.10. The first-order chi connectivity index (χ1) is 10.9. The van der Waals surface area contributed by atoms with E-state index < -0.39 is 17.8 Å². The number of carbonyl (C=O) groups excluding carboxylic acids is 2. The van der Waals surface area contributed by atoms with Gasteiger partial charge in [-0.2, -0.15) is 0 Å². The summed E-state index contributed by atoms with van der Waals surface area (Å²) in [6.07, 6.45) is 1.85. The molecular formula is C16H16BrFN2O3. The highest BCUT2D eigenvalue weighted by atomic mass is 79.9. The van der Waals surface area contributed by atoms with Gasteiger partial charge in [0, 0.05) is 11.7 Å². The number of esters is 1. The van der Waals surface area contributed by atoms with Crippen molar-refractivity contribution in [3.63, 3.8) is 0 Å². The number of allylic oxidation sites excluding steroid dienone is 1. The van der Waals surface area contributed by atoms with Gasteiger partial charge in [0.05, 0.1) is 23.2 Å². The summed E-state index contributed by atoms with van der Waals surface area (Å²) in [4.78, 5) is 26.3. The highest BCUT2D eigenvalue weighted by Gasteiger charge is 2.42. The van der Waals surface area contributed by atoms with Gasteiger partial charge in [0.15, 0.2) is 0 Å². The molecule has 1 aromatic carbocycles. The lowest BCUT2D eigenvalue weighted by atomic mass is 9.95. The minimum absolute atomic E-state index is 0.135. The number of hydrogen-bond acceptors (Lipinski definition) is 3. The largest absolute Gasteiger partial charge is 0.466 e. The average molecular weight is 383 g/mol. The molecule has 1 aromatic rings. The predicted molar refractivity (Wildman–Crippen MR) is 84.9 cm³/mol. The second kappa shape index (κ2) is 5.96. The molecule has 0 spiro atoms. The lowest BCUT2D eigenvalue weighted by Crippen LogP contribution is -2.48. The fourth-order valence-corrected chi connectivity index (χ4v) is 3.24. The lowest BCUT2D eigenvalue weighted by Gasteiger charge is -2.35. The maximum absolute atomic E-state index is 13.5. The molecule has 2 amide bonds. The Kier molecular flexibility index (Phi) is 4.14. The van der Waals surface area contributed by atoms with Crippen LogP contribution in [0, 0.1) is 5.82 Å². The Labute approximate surface area is 141 Å². The molecule has 3 rings (SSSR count). The van der Waals surface area contributed by atoms with Crippen molar-refractivity contribution >= 4 is 27.9 Å². The number of halogens is 2. The molecule has 0 saturated heterocycles. The van der Waals surface area contributed by atoms with Gasteiger partial charge in [0.2, 0.25) is 0 Å². The molecule has 0 radical (unpaired) electrons. The third-order valence-corrected chi connectivity index (χ3v) is 4.73. The summed E-state index contributed by atoms with van der Waals surface area (Å²) >= 11 is 3.13. The molecule has 1 heterocycles. The molecule has 1 atom stereocenters. The van der Waals surface area contributed by atoms with E-state index in [-0.39, 0.29) is 16.5 Å². The molecule has 23 heavy (non-hydrogen) atoms. The van der Waals surface area contributed by atoms with Gasteiger partial charge in [0.1, 0.15) is 5.82 Å². The van der Waals surface area contributed by atoms with Gasteiger partial charge in [-0.15, -0.1) is 0 Å². The molecule has 0 bridgehead atoms. The maximum atomic E-state index is 13.5. The standard InChI is InChI=1S/C16H16BrFN2O3/c1-8-13(15(21)23-2)14(9-3-6-12(18)11(17)7-9)19-16(22)20(8)10-4-5-10/h3,6-7,10,14H,4-5H2,1-2H3,(H,19,22)/t14-/m0/s1. The van der Waals surface area contributed by atoms with Crippen molar-refractivity contribution in [1.29, 1.82) is 0 Å². The number of ether oxygens (including phenoxy) is 1. The van der Waals surface area contributed by atoms with E-state index in [1.54, 1.807) is 24.0 Å². The molecule has 7 heteroatoms. The smallest absolute Gasteiger partial charge is 0.337 e. The molecule has 5 nitrogen and oxygen atoms in total. The van der Waals surface area contributed by atoms with Crippen molar-refractivity contribution in [1.82, 2.24) is 10.2 Å². The van der Waals surface area contributed by atoms with E-state index in [1.807, 2.05) is 0 Å². The molecule has 122 valence electrons. The third kappa shape index (κ3) is 2.85. The molecule has 1 aliphatic heterocycles. The van der Waals surface area contributed by atoms with E-state index in [0.717, 1.165) is 12.8 Å². The first kappa shape index (κ1) is 16.0. The van der Waals surface area contributed by atoms with Crippen molar-refractivity contribution in [2.45, 2.75) is 31.8 Å². The Balaban J connectivity index is 2.08. The number of amides is 2. The first-order valence-corrected chi connectivity index (χ1v) is 8.07. The molecule has 1 aliphatic carbocycles. The third-order valence-electron chi connectivity index (χ3n) is 4.12. The van der Waals surface area contributed by atoms with Gasteiger partial charge < -0.3 is 10.1 Å². The zero-order valence-corrected chi connectivity index (χ0v) is 14.3. The fourth-order valence-electron chi connectivity index (χ4n) is 2.85. The van der Waals surface area contributed by atoms with E-state index in [2.05, 4.69) is 21.2 Å². The molecule has 1 N–H and O–H groups in total. The number of urea groups is 1. The molecular weight excluding hydrogens is 367 g/mol. The number of methoxy groups -OCH3 is 1. The molecule has 0 aromatic heterocycles. The van der Waals surface area contributed by atoms with E-state index in [1.165, 1.54) is 13.2 Å². The van der Waals surface area contributed by atoms with E-state index in [9.17, 15) is 14.0 Å². The topological polar surface area (TPSA) is 58.6 Å². The molecule has 2 aliphatic rings. The van der Waals surface area contributed by atoms with Gasteiger partial charge in [-0.3, -0.25) is 4.90 Å². The van der Waals surface area contributed by atoms with Crippen molar-refractivity contribution in [3.05, 3.63) is 45.3 Å². The van der Waals surface area contributed by atoms with Crippen LogP contribution in [-0.4, -0.2) is 30.1 Å². The summed E-state index contributed by atoms with van der Waals surface area (Å²) in [5.41, 5.74) is 1.58. The Hall–Kier alpha value is -1.89. The number of carbonyl (C=O) groups is 2. The zero-order chi connectivity index (χ0) is 16.7. The van der Waals surface area contributed by atoms with Gasteiger partial charge in [-0.05, 0) is 53.4 Å². The lowest BCUT2D eigenvalue weighted by molar-refractivity contribution is -0.136. The first-order valence-electron chi connectivity index (χ1n) is 7.27. The Bertz CT molecular complexity index is 715. The summed E-state index contributed by atoms with van der Waals surface area (Å²) in [5, 5.41) is 2.83.